The molecular weight excluding hydrogens is 242 g/mol. The van der Waals surface area contributed by atoms with Crippen molar-refractivity contribution < 1.29 is 14.9 Å². The third-order valence-electron chi connectivity index (χ3n) is 3.47. The predicted molar refractivity (Wildman–Crippen MR) is 74.4 cm³/mol. The van der Waals surface area contributed by atoms with Crippen LogP contribution >= 0.6 is 0 Å². The highest BCUT2D eigenvalue weighted by atomic mass is 16.5. The molecule has 2 atom stereocenters. The van der Waals surface area contributed by atoms with E-state index in [9.17, 15) is 10.2 Å². The summed E-state index contributed by atoms with van der Waals surface area (Å²) in [5.74, 6) is 0.820. The van der Waals surface area contributed by atoms with Crippen LogP contribution in [0.1, 0.15) is 18.4 Å². The number of aryl methyl sites for hydroxylation is 1. The lowest BCUT2D eigenvalue weighted by Gasteiger charge is -2.31. The number of likely N-dealkylation sites (tertiary alicyclic amines) is 1. The number of β-amino-alcohol motifs (C(OH)–C–C–N with tert-alkyl or cyclic N) is 2. The average Bonchev–Trinajstić information content (AvgIpc) is 2.38. The maximum absolute atomic E-state index is 9.99. The molecule has 1 aliphatic rings. The van der Waals surface area contributed by atoms with E-state index in [1.165, 1.54) is 0 Å². The summed E-state index contributed by atoms with van der Waals surface area (Å²) in [5.41, 5.74) is 1.07. The van der Waals surface area contributed by atoms with Crippen molar-refractivity contribution in [1.82, 2.24) is 4.90 Å². The van der Waals surface area contributed by atoms with E-state index < -0.39 is 6.10 Å². The number of aliphatic hydroxyl groups excluding tert-OH is 2. The molecule has 0 amide bonds. The van der Waals surface area contributed by atoms with Crippen LogP contribution in [-0.2, 0) is 0 Å². The third kappa shape index (κ3) is 4.49. The first-order valence-corrected chi connectivity index (χ1v) is 6.92. The molecule has 1 aliphatic heterocycles. The van der Waals surface area contributed by atoms with Gasteiger partial charge in [-0.2, -0.15) is 0 Å². The zero-order valence-electron chi connectivity index (χ0n) is 11.5. The minimum absolute atomic E-state index is 0.252. The molecule has 2 N–H and O–H groups in total. The van der Waals surface area contributed by atoms with Gasteiger partial charge in [0.05, 0.1) is 6.10 Å². The molecule has 19 heavy (non-hydrogen) atoms. The van der Waals surface area contributed by atoms with Gasteiger partial charge in [0, 0.05) is 13.1 Å². The van der Waals surface area contributed by atoms with Gasteiger partial charge in [-0.1, -0.05) is 18.2 Å². The van der Waals surface area contributed by atoms with Crippen LogP contribution in [0.2, 0.25) is 0 Å². The fraction of sp³-hybridized carbons (Fsp3) is 0.600. The Kier molecular flexibility index (Phi) is 5.19. The van der Waals surface area contributed by atoms with Crippen LogP contribution in [0.25, 0.3) is 0 Å². The lowest BCUT2D eigenvalue weighted by atomic mass is 10.1. The summed E-state index contributed by atoms with van der Waals surface area (Å²) >= 11 is 0. The minimum Gasteiger partial charge on any atom is -0.491 e. The van der Waals surface area contributed by atoms with Gasteiger partial charge in [0.1, 0.15) is 18.5 Å². The van der Waals surface area contributed by atoms with Crippen LogP contribution in [0.4, 0.5) is 0 Å². The SMILES string of the molecule is Cc1ccccc1OC[C@H](O)CN1CCC[C@@H](O)C1. The Bertz CT molecular complexity index is 397. The zero-order chi connectivity index (χ0) is 13.7. The fourth-order valence-electron chi connectivity index (χ4n) is 2.45. The second-order valence-electron chi connectivity index (χ2n) is 5.29. The van der Waals surface area contributed by atoms with E-state index in [1.807, 2.05) is 31.2 Å². The van der Waals surface area contributed by atoms with Gasteiger partial charge >= 0.3 is 0 Å². The number of aliphatic hydroxyl groups is 2. The van der Waals surface area contributed by atoms with Crippen LogP contribution in [0, 0.1) is 6.92 Å². The number of hydrogen-bond donors (Lipinski definition) is 2. The molecular formula is C15H23NO3. The number of nitrogens with zero attached hydrogens (tertiary/aromatic N) is 1. The highest BCUT2D eigenvalue weighted by Crippen LogP contribution is 2.16. The van der Waals surface area contributed by atoms with Crippen LogP contribution in [-0.4, -0.2) is 53.6 Å². The maximum Gasteiger partial charge on any atom is 0.122 e. The number of rotatable bonds is 5. The van der Waals surface area contributed by atoms with E-state index in [1.54, 1.807) is 0 Å². The first-order valence-electron chi connectivity index (χ1n) is 6.92. The van der Waals surface area contributed by atoms with E-state index >= 15 is 0 Å². The topological polar surface area (TPSA) is 52.9 Å². The number of para-hydroxylation sites is 1. The molecule has 106 valence electrons. The van der Waals surface area contributed by atoms with Crippen molar-refractivity contribution in [2.45, 2.75) is 32.0 Å². The Morgan fingerprint density at radius 3 is 2.95 bits per heavy atom. The summed E-state index contributed by atoms with van der Waals surface area (Å²) in [6, 6.07) is 7.79. The van der Waals surface area contributed by atoms with Gasteiger partial charge in [0.25, 0.3) is 0 Å². The monoisotopic (exact) mass is 265 g/mol. The first-order chi connectivity index (χ1) is 9.15. The number of hydrogen-bond acceptors (Lipinski definition) is 4. The molecule has 4 nitrogen and oxygen atoms in total. The fourth-order valence-corrected chi connectivity index (χ4v) is 2.45. The van der Waals surface area contributed by atoms with Gasteiger partial charge < -0.3 is 14.9 Å². The van der Waals surface area contributed by atoms with Crippen LogP contribution in [0.3, 0.4) is 0 Å². The smallest absolute Gasteiger partial charge is 0.122 e. The molecule has 1 aromatic carbocycles. The maximum atomic E-state index is 9.99. The Morgan fingerprint density at radius 2 is 2.21 bits per heavy atom. The van der Waals surface area contributed by atoms with Gasteiger partial charge in [-0.25, -0.2) is 0 Å². The largest absolute Gasteiger partial charge is 0.491 e. The van der Waals surface area contributed by atoms with Crippen LogP contribution in [0.15, 0.2) is 24.3 Å². The van der Waals surface area contributed by atoms with Crippen molar-refractivity contribution in [3.05, 3.63) is 29.8 Å². The Hall–Kier alpha value is -1.10. The van der Waals surface area contributed by atoms with Crippen LogP contribution in [0.5, 0.6) is 5.75 Å². The summed E-state index contributed by atoms with van der Waals surface area (Å²) in [5, 5.41) is 19.6. The predicted octanol–water partition coefficient (Wildman–Crippen LogP) is 1.19. The molecule has 0 unspecified atom stereocenters. The molecule has 1 heterocycles. The third-order valence-corrected chi connectivity index (χ3v) is 3.47. The van der Waals surface area contributed by atoms with Gasteiger partial charge in [0.15, 0.2) is 0 Å². The second kappa shape index (κ2) is 6.89. The van der Waals surface area contributed by atoms with Crippen molar-refractivity contribution in [3.63, 3.8) is 0 Å². The highest BCUT2D eigenvalue weighted by Gasteiger charge is 2.20. The molecule has 4 heteroatoms. The quantitative estimate of drug-likeness (QED) is 0.840. The molecule has 1 fully saturated rings. The van der Waals surface area contributed by atoms with E-state index in [2.05, 4.69) is 4.90 Å². The molecule has 1 aromatic rings. The van der Waals surface area contributed by atoms with Crippen molar-refractivity contribution in [2.75, 3.05) is 26.2 Å². The lowest BCUT2D eigenvalue weighted by Crippen LogP contribution is -2.43. The Balaban J connectivity index is 1.75. The molecule has 0 aromatic heterocycles. The summed E-state index contributed by atoms with van der Waals surface area (Å²) in [6.07, 6.45) is 1.09. The highest BCUT2D eigenvalue weighted by molar-refractivity contribution is 5.31. The lowest BCUT2D eigenvalue weighted by molar-refractivity contribution is 0.0242. The summed E-state index contributed by atoms with van der Waals surface area (Å²) in [6.45, 7) is 4.43. The second-order valence-corrected chi connectivity index (χ2v) is 5.29. The van der Waals surface area contributed by atoms with Crippen molar-refractivity contribution in [3.8, 4) is 5.75 Å². The molecule has 0 radical (unpaired) electrons. The number of ether oxygens (including phenoxy) is 1. The molecule has 2 rings (SSSR count). The number of piperidine rings is 1. The van der Waals surface area contributed by atoms with Gasteiger partial charge in [0.2, 0.25) is 0 Å². The van der Waals surface area contributed by atoms with E-state index in [-0.39, 0.29) is 12.7 Å². The molecule has 1 saturated heterocycles. The minimum atomic E-state index is -0.523. The van der Waals surface area contributed by atoms with Crippen molar-refractivity contribution in [2.24, 2.45) is 0 Å². The molecule has 0 aliphatic carbocycles. The Morgan fingerprint density at radius 1 is 1.42 bits per heavy atom. The molecule has 0 bridgehead atoms. The van der Waals surface area contributed by atoms with Crippen molar-refractivity contribution in [1.29, 1.82) is 0 Å². The summed E-state index contributed by atoms with van der Waals surface area (Å²) in [4.78, 5) is 2.10. The normalized spacial score (nSPS) is 22.2. The standard InChI is InChI=1S/C15H23NO3/c1-12-5-2-3-7-15(12)19-11-14(18)10-16-8-4-6-13(17)9-16/h2-3,5,7,13-14,17-18H,4,6,8-11H2,1H3/t13-,14-/m1/s1. The van der Waals surface area contributed by atoms with Crippen molar-refractivity contribution >= 4 is 0 Å². The van der Waals surface area contributed by atoms with E-state index in [4.69, 9.17) is 4.74 Å². The van der Waals surface area contributed by atoms with Gasteiger partial charge in [-0.05, 0) is 37.9 Å². The summed E-state index contributed by atoms with van der Waals surface area (Å²) < 4.78 is 5.63. The molecule has 0 saturated carbocycles. The van der Waals surface area contributed by atoms with Gasteiger partial charge in [-0.15, -0.1) is 0 Å². The Labute approximate surface area is 114 Å². The summed E-state index contributed by atoms with van der Waals surface area (Å²) in [7, 11) is 0. The van der Waals surface area contributed by atoms with Crippen LogP contribution < -0.4 is 4.74 Å². The average molecular weight is 265 g/mol. The zero-order valence-corrected chi connectivity index (χ0v) is 11.5. The molecule has 0 spiro atoms. The van der Waals surface area contributed by atoms with E-state index in [0.717, 1.165) is 30.7 Å². The number of benzene rings is 1. The van der Waals surface area contributed by atoms with E-state index in [0.29, 0.717) is 13.1 Å². The van der Waals surface area contributed by atoms with Gasteiger partial charge in [-0.3, -0.25) is 4.90 Å². The first kappa shape index (κ1) is 14.3.